The van der Waals surface area contributed by atoms with Crippen molar-refractivity contribution in [3.63, 3.8) is 0 Å². The van der Waals surface area contributed by atoms with Gasteiger partial charge >= 0.3 is 0 Å². The van der Waals surface area contributed by atoms with Crippen molar-refractivity contribution >= 4 is 28.3 Å². The number of amides is 1. The van der Waals surface area contributed by atoms with E-state index in [1.54, 1.807) is 31.0 Å². The molecule has 142 valence electrons. The predicted octanol–water partition coefficient (Wildman–Crippen LogP) is 1.88. The highest BCUT2D eigenvalue weighted by Crippen LogP contribution is 2.22. The zero-order chi connectivity index (χ0) is 17.9. The Bertz CT molecular complexity index is 699. The zero-order valence-electron chi connectivity index (χ0n) is 15.3. The first-order valence-corrected chi connectivity index (χ1v) is 9.85. The van der Waals surface area contributed by atoms with Gasteiger partial charge in [-0.2, -0.15) is 4.31 Å². The summed E-state index contributed by atoms with van der Waals surface area (Å²) in [5.74, 6) is -0.139. The molecule has 0 saturated carbocycles. The minimum atomic E-state index is -3.58. The van der Waals surface area contributed by atoms with Crippen LogP contribution < -0.4 is 5.32 Å². The number of benzene rings is 1. The monoisotopic (exact) mass is 389 g/mol. The van der Waals surface area contributed by atoms with Crippen molar-refractivity contribution < 1.29 is 13.2 Å². The van der Waals surface area contributed by atoms with E-state index in [4.69, 9.17) is 0 Å². The van der Waals surface area contributed by atoms with E-state index >= 15 is 0 Å². The maximum atomic E-state index is 12.8. The number of nitrogens with one attached hydrogen (secondary N) is 1. The SMILES string of the molecule is CCN(CC)S(=O)(=O)c1cc(C(=O)N(C)C2CCNC2)ccc1C.Cl. The Morgan fingerprint density at radius 1 is 1.28 bits per heavy atom. The zero-order valence-corrected chi connectivity index (χ0v) is 16.9. The molecule has 1 fully saturated rings. The van der Waals surface area contributed by atoms with Crippen molar-refractivity contribution in [1.82, 2.24) is 14.5 Å². The number of hydrogen-bond donors (Lipinski definition) is 1. The van der Waals surface area contributed by atoms with Crippen LogP contribution in [0.3, 0.4) is 0 Å². The Morgan fingerprint density at radius 3 is 2.44 bits per heavy atom. The van der Waals surface area contributed by atoms with Gasteiger partial charge in [-0.3, -0.25) is 4.79 Å². The third kappa shape index (κ3) is 4.53. The molecule has 1 N–H and O–H groups in total. The van der Waals surface area contributed by atoms with Crippen LogP contribution in [0.25, 0.3) is 0 Å². The van der Waals surface area contributed by atoms with Crippen molar-refractivity contribution in [2.24, 2.45) is 0 Å². The van der Waals surface area contributed by atoms with Crippen molar-refractivity contribution in [2.45, 2.75) is 38.1 Å². The van der Waals surface area contributed by atoms with E-state index < -0.39 is 10.0 Å². The molecule has 0 spiro atoms. The quantitative estimate of drug-likeness (QED) is 0.806. The minimum absolute atomic E-state index is 0. The smallest absolute Gasteiger partial charge is 0.253 e. The second-order valence-corrected chi connectivity index (χ2v) is 8.04. The van der Waals surface area contributed by atoms with Crippen molar-refractivity contribution in [3.05, 3.63) is 29.3 Å². The van der Waals surface area contributed by atoms with Crippen molar-refractivity contribution in [2.75, 3.05) is 33.2 Å². The predicted molar refractivity (Wildman–Crippen MR) is 102 cm³/mol. The summed E-state index contributed by atoms with van der Waals surface area (Å²) in [7, 11) is -1.81. The Hall–Kier alpha value is -1.15. The van der Waals surface area contributed by atoms with Crippen LogP contribution in [0, 0.1) is 6.92 Å². The van der Waals surface area contributed by atoms with Gasteiger partial charge in [-0.25, -0.2) is 8.42 Å². The lowest BCUT2D eigenvalue weighted by atomic mass is 10.1. The second kappa shape index (κ2) is 8.98. The van der Waals surface area contributed by atoms with Crippen LogP contribution in [-0.2, 0) is 10.0 Å². The fourth-order valence-corrected chi connectivity index (χ4v) is 4.76. The van der Waals surface area contributed by atoms with Crippen LogP contribution in [0.1, 0.15) is 36.2 Å². The number of carbonyl (C=O) groups is 1. The highest BCUT2D eigenvalue weighted by atomic mass is 35.5. The Labute approximate surface area is 157 Å². The van der Waals surface area contributed by atoms with Crippen LogP contribution in [0.15, 0.2) is 23.1 Å². The second-order valence-electron chi connectivity index (χ2n) is 6.13. The number of rotatable bonds is 6. The van der Waals surface area contributed by atoms with E-state index in [1.165, 1.54) is 10.4 Å². The lowest BCUT2D eigenvalue weighted by Crippen LogP contribution is -2.38. The number of nitrogens with zero attached hydrogens (tertiary/aromatic N) is 2. The van der Waals surface area contributed by atoms with Gasteiger partial charge in [-0.15, -0.1) is 12.4 Å². The van der Waals surface area contributed by atoms with E-state index in [2.05, 4.69) is 5.32 Å². The Morgan fingerprint density at radius 2 is 1.92 bits per heavy atom. The number of hydrogen-bond acceptors (Lipinski definition) is 4. The number of halogens is 1. The third-order valence-corrected chi connectivity index (χ3v) is 6.85. The van der Waals surface area contributed by atoms with Crippen molar-refractivity contribution in [3.8, 4) is 0 Å². The first kappa shape index (κ1) is 21.9. The number of likely N-dealkylation sites (N-methyl/N-ethyl adjacent to an activating group) is 1. The van der Waals surface area contributed by atoms with Gasteiger partial charge in [0.15, 0.2) is 0 Å². The summed E-state index contributed by atoms with van der Waals surface area (Å²) in [6.07, 6.45) is 0.915. The molecule has 0 aliphatic carbocycles. The molecule has 8 heteroatoms. The minimum Gasteiger partial charge on any atom is -0.337 e. The fraction of sp³-hybridized carbons (Fsp3) is 0.588. The summed E-state index contributed by atoms with van der Waals surface area (Å²) in [4.78, 5) is 14.6. The van der Waals surface area contributed by atoms with Gasteiger partial charge in [-0.1, -0.05) is 19.9 Å². The molecule has 1 atom stereocenters. The van der Waals surface area contributed by atoms with E-state index in [9.17, 15) is 13.2 Å². The molecular weight excluding hydrogens is 362 g/mol. The summed E-state index contributed by atoms with van der Waals surface area (Å²) in [5.41, 5.74) is 1.07. The fourth-order valence-electron chi connectivity index (χ4n) is 3.05. The molecule has 1 unspecified atom stereocenters. The maximum Gasteiger partial charge on any atom is 0.253 e. The normalized spacial score (nSPS) is 17.4. The first-order chi connectivity index (χ1) is 11.3. The van der Waals surface area contributed by atoms with Crippen molar-refractivity contribution in [1.29, 1.82) is 0 Å². The number of carbonyl (C=O) groups excluding carboxylic acids is 1. The van der Waals surface area contributed by atoms with Gasteiger partial charge in [0, 0.05) is 38.3 Å². The largest absolute Gasteiger partial charge is 0.337 e. The summed E-state index contributed by atoms with van der Waals surface area (Å²) in [5, 5.41) is 3.24. The molecule has 1 amide bonds. The lowest BCUT2D eigenvalue weighted by Gasteiger charge is -2.25. The molecule has 1 aromatic rings. The molecule has 0 bridgehead atoms. The van der Waals surface area contributed by atoms with E-state index in [-0.39, 0.29) is 29.3 Å². The molecule has 1 aliphatic heterocycles. The standard InChI is InChI=1S/C17H27N3O3S.ClH/c1-5-20(6-2)24(22,23)16-11-14(8-7-13(16)3)17(21)19(4)15-9-10-18-12-15;/h7-8,11,15,18H,5-6,9-10,12H2,1-4H3;1H. The van der Waals surface area contributed by atoms with Gasteiger partial charge in [-0.05, 0) is 37.6 Å². The molecule has 2 rings (SSSR count). The van der Waals surface area contributed by atoms with Crippen LogP contribution >= 0.6 is 12.4 Å². The maximum absolute atomic E-state index is 12.8. The molecule has 6 nitrogen and oxygen atoms in total. The summed E-state index contributed by atoms with van der Waals surface area (Å²) in [6.45, 7) is 7.87. The van der Waals surface area contributed by atoms with Gasteiger partial charge in [0.1, 0.15) is 0 Å². The lowest BCUT2D eigenvalue weighted by molar-refractivity contribution is 0.0743. The molecular formula is C17H28ClN3O3S. The molecule has 1 saturated heterocycles. The summed E-state index contributed by atoms with van der Waals surface area (Å²) < 4.78 is 27.0. The van der Waals surface area contributed by atoms with Crippen LogP contribution in [-0.4, -0.2) is 62.8 Å². The van der Waals surface area contributed by atoms with Crippen LogP contribution in [0.5, 0.6) is 0 Å². The topological polar surface area (TPSA) is 69.7 Å². The molecule has 25 heavy (non-hydrogen) atoms. The average Bonchev–Trinajstić information content (AvgIpc) is 3.09. The highest BCUT2D eigenvalue weighted by molar-refractivity contribution is 7.89. The van der Waals surface area contributed by atoms with Crippen LogP contribution in [0.2, 0.25) is 0 Å². The Kier molecular flexibility index (Phi) is 7.87. The molecule has 1 aromatic carbocycles. The third-order valence-electron chi connectivity index (χ3n) is 4.66. The summed E-state index contributed by atoms with van der Waals surface area (Å²) >= 11 is 0. The van der Waals surface area contributed by atoms with Crippen LogP contribution in [0.4, 0.5) is 0 Å². The number of sulfonamides is 1. The number of aryl methyl sites for hydroxylation is 1. The molecule has 1 heterocycles. The van der Waals surface area contributed by atoms with E-state index in [1.807, 2.05) is 13.8 Å². The van der Waals surface area contributed by atoms with Gasteiger partial charge in [0.2, 0.25) is 10.0 Å². The average molecular weight is 390 g/mol. The molecule has 0 aromatic heterocycles. The summed E-state index contributed by atoms with van der Waals surface area (Å²) in [6, 6.07) is 5.09. The first-order valence-electron chi connectivity index (χ1n) is 8.41. The van der Waals surface area contributed by atoms with E-state index in [0.717, 1.165) is 19.5 Å². The van der Waals surface area contributed by atoms with Gasteiger partial charge in [0.25, 0.3) is 5.91 Å². The van der Waals surface area contributed by atoms with Gasteiger partial charge in [0.05, 0.1) is 4.90 Å². The van der Waals surface area contributed by atoms with E-state index in [0.29, 0.717) is 24.2 Å². The highest BCUT2D eigenvalue weighted by Gasteiger charge is 2.27. The Balaban J connectivity index is 0.00000312. The molecule has 0 radical (unpaired) electrons. The van der Waals surface area contributed by atoms with Gasteiger partial charge < -0.3 is 10.2 Å². The molecule has 1 aliphatic rings.